The molecule has 0 bridgehead atoms. The van der Waals surface area contributed by atoms with Crippen LogP contribution in [0.3, 0.4) is 0 Å². The fourth-order valence-electron chi connectivity index (χ4n) is 2.83. The summed E-state index contributed by atoms with van der Waals surface area (Å²) in [7, 11) is 0. The highest BCUT2D eigenvalue weighted by Gasteiger charge is 2.35. The minimum Gasteiger partial charge on any atom is -0.303 e. The second-order valence-electron chi connectivity index (χ2n) is 6.14. The van der Waals surface area contributed by atoms with Gasteiger partial charge >= 0.3 is 6.18 Å². The molecule has 4 rings (SSSR count). The van der Waals surface area contributed by atoms with E-state index >= 15 is 0 Å². The number of fused-ring (bicyclic) bond motifs is 1. The highest BCUT2D eigenvalue weighted by molar-refractivity contribution is 5.56. The van der Waals surface area contributed by atoms with Gasteiger partial charge in [-0.25, -0.2) is 19.3 Å². The van der Waals surface area contributed by atoms with Crippen molar-refractivity contribution in [3.63, 3.8) is 0 Å². The number of hydrogen-bond acceptors (Lipinski definition) is 5. The van der Waals surface area contributed by atoms with E-state index in [-0.39, 0.29) is 24.4 Å². The van der Waals surface area contributed by atoms with Gasteiger partial charge < -0.3 is 4.40 Å². The van der Waals surface area contributed by atoms with E-state index in [0.717, 1.165) is 0 Å². The van der Waals surface area contributed by atoms with E-state index in [1.54, 1.807) is 24.4 Å². The molecule has 0 aliphatic rings. The second kappa shape index (κ2) is 6.97. The van der Waals surface area contributed by atoms with Crippen molar-refractivity contribution in [1.82, 2.24) is 29.5 Å². The number of halogens is 4. The van der Waals surface area contributed by atoms with Crippen LogP contribution in [0.25, 0.3) is 17.2 Å². The topological polar surface area (TPSA) is 95.6 Å². The Morgan fingerprint density at radius 1 is 1.10 bits per heavy atom. The molecule has 3 aromatic heterocycles. The number of hydrogen-bond donors (Lipinski definition) is 1. The smallest absolute Gasteiger partial charge is 0.303 e. The van der Waals surface area contributed by atoms with E-state index < -0.39 is 17.8 Å². The Bertz CT molecular complexity index is 1230. The van der Waals surface area contributed by atoms with E-state index in [1.807, 2.05) is 11.2 Å². The number of aromatic nitrogens is 6. The summed E-state index contributed by atoms with van der Waals surface area (Å²) in [5.41, 5.74) is 1.53. The Hall–Kier alpha value is -3.81. The predicted molar refractivity (Wildman–Crippen MR) is 91.9 cm³/mol. The predicted octanol–water partition coefficient (Wildman–Crippen LogP) is 3.33. The number of nitrogens with one attached hydrogen (secondary N) is 1. The monoisotopic (exact) mass is 401 g/mol. The van der Waals surface area contributed by atoms with Crippen LogP contribution in [0, 0.1) is 17.1 Å². The number of rotatable bonds is 4. The molecule has 0 atom stereocenters. The van der Waals surface area contributed by atoms with Gasteiger partial charge in [-0.15, -0.1) is 0 Å². The maximum atomic E-state index is 14.1. The lowest BCUT2D eigenvalue weighted by atomic mass is 10.1. The van der Waals surface area contributed by atoms with Gasteiger partial charge in [0.2, 0.25) is 11.6 Å². The van der Waals surface area contributed by atoms with Crippen molar-refractivity contribution in [1.29, 1.82) is 5.26 Å². The first-order valence-electron chi connectivity index (χ1n) is 8.33. The van der Waals surface area contributed by atoms with Gasteiger partial charge in [-0.2, -0.15) is 23.5 Å². The first kappa shape index (κ1) is 18.5. The molecule has 0 aliphatic carbocycles. The maximum Gasteiger partial charge on any atom is 0.451 e. The van der Waals surface area contributed by atoms with Gasteiger partial charge in [-0.3, -0.25) is 5.10 Å². The van der Waals surface area contributed by atoms with Crippen molar-refractivity contribution in [3.8, 4) is 17.6 Å². The van der Waals surface area contributed by atoms with Crippen LogP contribution in [0.5, 0.6) is 0 Å². The molecule has 7 nitrogen and oxygen atoms in total. The zero-order valence-electron chi connectivity index (χ0n) is 14.6. The molecular formula is C18H11F4N7. The fourth-order valence-corrected chi connectivity index (χ4v) is 2.83. The van der Waals surface area contributed by atoms with Gasteiger partial charge in [0.1, 0.15) is 11.5 Å². The van der Waals surface area contributed by atoms with Crippen molar-refractivity contribution in [2.75, 3.05) is 0 Å². The average Bonchev–Trinajstić information content (AvgIpc) is 3.30. The first-order valence-corrected chi connectivity index (χ1v) is 8.33. The third-order valence-electron chi connectivity index (χ3n) is 4.12. The van der Waals surface area contributed by atoms with E-state index in [9.17, 15) is 17.6 Å². The van der Waals surface area contributed by atoms with E-state index in [1.165, 1.54) is 16.7 Å². The summed E-state index contributed by atoms with van der Waals surface area (Å²) in [5.74, 6) is -1.95. The lowest BCUT2D eigenvalue weighted by Crippen LogP contribution is -2.07. The van der Waals surface area contributed by atoms with Gasteiger partial charge in [-0.1, -0.05) is 18.2 Å². The second-order valence-corrected chi connectivity index (χ2v) is 6.14. The Kier molecular flexibility index (Phi) is 4.46. The fraction of sp³-hybridized carbons (Fsp3) is 0.167. The zero-order valence-corrected chi connectivity index (χ0v) is 14.6. The molecule has 3 heterocycles. The van der Waals surface area contributed by atoms with Gasteiger partial charge in [-0.05, 0) is 11.6 Å². The molecule has 0 spiro atoms. The van der Waals surface area contributed by atoms with Crippen LogP contribution in [-0.4, -0.2) is 29.5 Å². The van der Waals surface area contributed by atoms with Crippen LogP contribution in [0.2, 0.25) is 0 Å². The van der Waals surface area contributed by atoms with Gasteiger partial charge in [0.15, 0.2) is 5.65 Å². The van der Waals surface area contributed by atoms with Crippen molar-refractivity contribution < 1.29 is 17.6 Å². The summed E-state index contributed by atoms with van der Waals surface area (Å²) in [4.78, 5) is 12.1. The standard InChI is InChI=1S/C18H11F4N7/c19-12-4-2-1-3-10(12)7-13-16-24-11(5-6-23)8-29(16)9-14(25-13)15-26-17(28-27-15)18(20,21)22/h1-4,8-9H,5,7H2,(H,26,27,28). The molecule has 11 heteroatoms. The number of imidazole rings is 1. The molecule has 0 fully saturated rings. The zero-order chi connectivity index (χ0) is 20.6. The maximum absolute atomic E-state index is 14.1. The summed E-state index contributed by atoms with van der Waals surface area (Å²) >= 11 is 0. The lowest BCUT2D eigenvalue weighted by molar-refractivity contribution is -0.144. The summed E-state index contributed by atoms with van der Waals surface area (Å²) in [5, 5.41) is 14.3. The molecule has 0 radical (unpaired) electrons. The van der Waals surface area contributed by atoms with E-state index in [0.29, 0.717) is 22.6 Å². The SMILES string of the molecule is N#CCc1cn2cc(-c3n[nH]c(C(F)(F)F)n3)nc(Cc3ccccc3F)c2n1. The van der Waals surface area contributed by atoms with Gasteiger partial charge in [0.05, 0.1) is 23.9 Å². The number of nitriles is 1. The molecular weight excluding hydrogens is 390 g/mol. The molecule has 0 saturated carbocycles. The number of alkyl halides is 3. The lowest BCUT2D eigenvalue weighted by Gasteiger charge is -2.07. The molecule has 146 valence electrons. The van der Waals surface area contributed by atoms with Gasteiger partial charge in [0, 0.05) is 18.8 Å². The van der Waals surface area contributed by atoms with Crippen LogP contribution in [-0.2, 0) is 19.0 Å². The highest BCUT2D eigenvalue weighted by atomic mass is 19.4. The molecule has 0 saturated heterocycles. The van der Waals surface area contributed by atoms with Crippen LogP contribution in [0.4, 0.5) is 17.6 Å². The average molecular weight is 401 g/mol. The summed E-state index contributed by atoms with van der Waals surface area (Å²) in [6.07, 6.45) is -1.62. The molecule has 29 heavy (non-hydrogen) atoms. The minimum atomic E-state index is -4.68. The Labute approximate surface area is 160 Å². The van der Waals surface area contributed by atoms with Crippen molar-refractivity contribution >= 4 is 5.65 Å². The number of H-pyrrole nitrogens is 1. The molecule has 0 aliphatic heterocycles. The molecule has 0 amide bonds. The van der Waals surface area contributed by atoms with Crippen molar-refractivity contribution in [2.24, 2.45) is 0 Å². The third kappa shape index (κ3) is 3.64. The number of nitrogens with zero attached hydrogens (tertiary/aromatic N) is 6. The first-order chi connectivity index (χ1) is 13.8. The Morgan fingerprint density at radius 2 is 1.90 bits per heavy atom. The molecule has 0 unspecified atom stereocenters. The number of aromatic amines is 1. The number of benzene rings is 1. The summed E-state index contributed by atoms with van der Waals surface area (Å²) < 4.78 is 54.1. The van der Waals surface area contributed by atoms with Crippen LogP contribution < -0.4 is 0 Å². The van der Waals surface area contributed by atoms with E-state index in [4.69, 9.17) is 5.26 Å². The minimum absolute atomic E-state index is 0.0367. The quantitative estimate of drug-likeness (QED) is 0.529. The van der Waals surface area contributed by atoms with Crippen LogP contribution in [0.15, 0.2) is 36.7 Å². The molecule has 4 aromatic rings. The molecule has 1 aromatic carbocycles. The third-order valence-corrected chi connectivity index (χ3v) is 4.12. The summed E-state index contributed by atoms with van der Waals surface area (Å²) in [6.45, 7) is 0. The van der Waals surface area contributed by atoms with Crippen LogP contribution >= 0.6 is 0 Å². The van der Waals surface area contributed by atoms with Crippen molar-refractivity contribution in [3.05, 3.63) is 65.3 Å². The normalized spacial score (nSPS) is 11.7. The highest BCUT2D eigenvalue weighted by Crippen LogP contribution is 2.28. The Balaban J connectivity index is 1.85. The van der Waals surface area contributed by atoms with Crippen LogP contribution in [0.1, 0.15) is 22.8 Å². The van der Waals surface area contributed by atoms with E-state index in [2.05, 4.69) is 20.1 Å². The molecule has 1 N–H and O–H groups in total. The summed E-state index contributed by atoms with van der Waals surface area (Å²) in [6, 6.07) is 8.07. The van der Waals surface area contributed by atoms with Gasteiger partial charge in [0.25, 0.3) is 0 Å². The van der Waals surface area contributed by atoms with Crippen molar-refractivity contribution in [2.45, 2.75) is 19.0 Å². The largest absolute Gasteiger partial charge is 0.451 e. The Morgan fingerprint density at radius 3 is 2.59 bits per heavy atom.